The summed E-state index contributed by atoms with van der Waals surface area (Å²) in [5, 5.41) is 13.0. The van der Waals surface area contributed by atoms with Crippen LogP contribution in [-0.2, 0) is 0 Å². The highest BCUT2D eigenvalue weighted by Gasteiger charge is 2.23. The molecule has 4 nitrogen and oxygen atoms in total. The van der Waals surface area contributed by atoms with Crippen LogP contribution >= 0.6 is 0 Å². The van der Waals surface area contributed by atoms with Crippen molar-refractivity contribution in [1.29, 1.82) is 0 Å². The van der Waals surface area contributed by atoms with Crippen LogP contribution < -0.4 is 15.3 Å². The summed E-state index contributed by atoms with van der Waals surface area (Å²) in [6, 6.07) is 5.92. The summed E-state index contributed by atoms with van der Waals surface area (Å²) < 4.78 is 5.20. The van der Waals surface area contributed by atoms with Crippen molar-refractivity contribution in [2.75, 3.05) is 13.7 Å². The first kappa shape index (κ1) is 10.4. The minimum atomic E-state index is 0.631. The molecule has 0 radical (unpaired) electrons. The van der Waals surface area contributed by atoms with Gasteiger partial charge in [0.25, 0.3) is 0 Å². The minimum Gasteiger partial charge on any atom is -0.497 e. The SMILES string of the molecule is COc1ccc2c(c1)=NC1=C(C)N(O)CCC=21. The lowest BCUT2D eigenvalue weighted by Gasteiger charge is -2.24. The summed E-state index contributed by atoms with van der Waals surface area (Å²) in [6.07, 6.45) is 0.825. The Labute approximate surface area is 99.1 Å². The van der Waals surface area contributed by atoms with Gasteiger partial charge in [-0.15, -0.1) is 0 Å². The molecule has 0 saturated carbocycles. The third kappa shape index (κ3) is 1.45. The van der Waals surface area contributed by atoms with Gasteiger partial charge in [-0.05, 0) is 31.1 Å². The second-order valence-corrected chi connectivity index (χ2v) is 4.28. The summed E-state index contributed by atoms with van der Waals surface area (Å²) in [4.78, 5) is 4.57. The number of benzene rings is 1. The molecule has 0 bridgehead atoms. The first-order valence-electron chi connectivity index (χ1n) is 5.64. The highest BCUT2D eigenvalue weighted by Crippen LogP contribution is 2.28. The lowest BCUT2D eigenvalue weighted by Crippen LogP contribution is -2.27. The molecule has 0 amide bonds. The van der Waals surface area contributed by atoms with E-state index in [2.05, 4.69) is 4.99 Å². The molecule has 4 heteroatoms. The molecule has 3 rings (SSSR count). The summed E-state index contributed by atoms with van der Waals surface area (Å²) in [5.74, 6) is 0.811. The number of methoxy groups -OCH3 is 1. The lowest BCUT2D eigenvalue weighted by atomic mass is 10.0. The van der Waals surface area contributed by atoms with Gasteiger partial charge < -0.3 is 4.74 Å². The summed E-state index contributed by atoms with van der Waals surface area (Å²) >= 11 is 0. The molecule has 0 saturated heterocycles. The third-order valence-corrected chi connectivity index (χ3v) is 3.35. The third-order valence-electron chi connectivity index (χ3n) is 3.35. The fourth-order valence-electron chi connectivity index (χ4n) is 2.36. The maximum atomic E-state index is 9.68. The Balaban J connectivity index is 2.30. The average Bonchev–Trinajstić information content (AvgIpc) is 2.72. The number of ether oxygens (including phenoxy) is 1. The fourth-order valence-corrected chi connectivity index (χ4v) is 2.36. The van der Waals surface area contributed by atoms with Crippen molar-refractivity contribution < 1.29 is 9.94 Å². The highest BCUT2D eigenvalue weighted by atomic mass is 16.5. The van der Waals surface area contributed by atoms with Gasteiger partial charge in [0.1, 0.15) is 5.75 Å². The molecule has 2 aliphatic heterocycles. The number of rotatable bonds is 1. The van der Waals surface area contributed by atoms with Crippen LogP contribution in [-0.4, -0.2) is 23.9 Å². The molecule has 0 aliphatic carbocycles. The van der Waals surface area contributed by atoms with E-state index in [0.717, 1.165) is 34.1 Å². The quantitative estimate of drug-likeness (QED) is 0.776. The van der Waals surface area contributed by atoms with E-state index in [0.29, 0.717) is 6.54 Å². The molecule has 0 unspecified atom stereocenters. The molecule has 0 fully saturated rings. The molecule has 1 aromatic rings. The molecule has 17 heavy (non-hydrogen) atoms. The number of allylic oxidation sites excluding steroid dienone is 2. The summed E-state index contributed by atoms with van der Waals surface area (Å²) in [5.41, 5.74) is 2.95. The van der Waals surface area contributed by atoms with Crippen molar-refractivity contribution in [3.05, 3.63) is 40.2 Å². The lowest BCUT2D eigenvalue weighted by molar-refractivity contribution is -0.0563. The van der Waals surface area contributed by atoms with E-state index >= 15 is 0 Å². The summed E-state index contributed by atoms with van der Waals surface area (Å²) in [7, 11) is 1.65. The van der Waals surface area contributed by atoms with Crippen LogP contribution in [0.15, 0.2) is 34.6 Å². The zero-order valence-corrected chi connectivity index (χ0v) is 9.90. The Morgan fingerprint density at radius 1 is 1.41 bits per heavy atom. The fraction of sp³-hybridized carbons (Fsp3) is 0.308. The van der Waals surface area contributed by atoms with Crippen molar-refractivity contribution in [2.45, 2.75) is 13.3 Å². The van der Waals surface area contributed by atoms with Crippen LogP contribution in [0.5, 0.6) is 5.75 Å². The van der Waals surface area contributed by atoms with E-state index in [1.165, 1.54) is 10.6 Å². The Morgan fingerprint density at radius 3 is 3.00 bits per heavy atom. The van der Waals surface area contributed by atoms with Crippen molar-refractivity contribution in [3.63, 3.8) is 0 Å². The highest BCUT2D eigenvalue weighted by molar-refractivity contribution is 5.68. The average molecular weight is 230 g/mol. The first-order chi connectivity index (χ1) is 8.20. The van der Waals surface area contributed by atoms with Crippen molar-refractivity contribution in [3.8, 4) is 5.75 Å². The van der Waals surface area contributed by atoms with Gasteiger partial charge in [0.05, 0.1) is 23.9 Å². The molecule has 2 aliphatic rings. The van der Waals surface area contributed by atoms with Crippen molar-refractivity contribution >= 4 is 5.57 Å². The normalized spacial score (nSPS) is 17.8. The maximum Gasteiger partial charge on any atom is 0.121 e. The van der Waals surface area contributed by atoms with Gasteiger partial charge in [0.15, 0.2) is 0 Å². The van der Waals surface area contributed by atoms with Crippen molar-refractivity contribution in [2.24, 2.45) is 4.99 Å². The van der Waals surface area contributed by atoms with Gasteiger partial charge in [0.2, 0.25) is 0 Å². The van der Waals surface area contributed by atoms with Crippen LogP contribution in [0.2, 0.25) is 0 Å². The molecular formula is C13H14N2O2. The maximum absolute atomic E-state index is 9.68. The van der Waals surface area contributed by atoms with E-state index < -0.39 is 0 Å². The van der Waals surface area contributed by atoms with E-state index in [-0.39, 0.29) is 0 Å². The molecule has 0 atom stereocenters. The van der Waals surface area contributed by atoms with Gasteiger partial charge in [-0.2, -0.15) is 0 Å². The van der Waals surface area contributed by atoms with Crippen LogP contribution in [0.4, 0.5) is 0 Å². The Bertz CT molecular complexity index is 631. The topological polar surface area (TPSA) is 45.1 Å². The Kier molecular flexibility index (Phi) is 2.19. The number of hydroxylamine groups is 2. The monoisotopic (exact) mass is 230 g/mol. The van der Waals surface area contributed by atoms with Crippen LogP contribution in [0.25, 0.3) is 5.57 Å². The zero-order valence-electron chi connectivity index (χ0n) is 9.90. The van der Waals surface area contributed by atoms with Gasteiger partial charge in [0, 0.05) is 17.8 Å². The standard InChI is InChI=1S/C13H14N2O2/c1-8-13-11(5-6-15(8)16)10-4-3-9(17-2)7-12(10)14-13/h3-4,7,16H,5-6H2,1-2H3. The molecule has 1 aromatic carbocycles. The molecule has 0 aromatic heterocycles. The Hall–Kier alpha value is -1.81. The van der Waals surface area contributed by atoms with Crippen LogP contribution in [0, 0.1) is 0 Å². The van der Waals surface area contributed by atoms with Crippen LogP contribution in [0.3, 0.4) is 0 Å². The van der Waals surface area contributed by atoms with Gasteiger partial charge in [-0.1, -0.05) is 0 Å². The number of hydrogen-bond donors (Lipinski definition) is 1. The number of fused-ring (bicyclic) bond motifs is 2. The van der Waals surface area contributed by atoms with Gasteiger partial charge >= 0.3 is 0 Å². The van der Waals surface area contributed by atoms with E-state index in [1.54, 1.807) is 7.11 Å². The minimum absolute atomic E-state index is 0.631. The van der Waals surface area contributed by atoms with Crippen molar-refractivity contribution in [1.82, 2.24) is 5.06 Å². The molecule has 0 spiro atoms. The van der Waals surface area contributed by atoms with Gasteiger partial charge in [-0.25, -0.2) is 4.99 Å². The number of hydrogen-bond acceptors (Lipinski definition) is 4. The first-order valence-corrected chi connectivity index (χ1v) is 5.64. The molecule has 2 heterocycles. The molecule has 88 valence electrons. The Morgan fingerprint density at radius 2 is 2.24 bits per heavy atom. The molecular weight excluding hydrogens is 216 g/mol. The van der Waals surface area contributed by atoms with E-state index in [1.807, 2.05) is 25.1 Å². The van der Waals surface area contributed by atoms with E-state index in [9.17, 15) is 5.21 Å². The predicted octanol–water partition coefficient (Wildman–Crippen LogP) is 0.805. The van der Waals surface area contributed by atoms with Gasteiger partial charge in [-0.3, -0.25) is 10.3 Å². The van der Waals surface area contributed by atoms with E-state index in [4.69, 9.17) is 4.74 Å². The second kappa shape index (κ2) is 3.60. The second-order valence-electron chi connectivity index (χ2n) is 4.28. The van der Waals surface area contributed by atoms with Crippen LogP contribution in [0.1, 0.15) is 13.3 Å². The largest absolute Gasteiger partial charge is 0.497 e. The predicted molar refractivity (Wildman–Crippen MR) is 63.0 cm³/mol. The zero-order chi connectivity index (χ0) is 12.0. The molecule has 1 N–H and O–H groups in total. The summed E-state index contributed by atoms with van der Waals surface area (Å²) in [6.45, 7) is 2.52. The smallest absolute Gasteiger partial charge is 0.121 e. The number of nitrogens with zero attached hydrogens (tertiary/aromatic N) is 2.